The van der Waals surface area contributed by atoms with E-state index in [1.165, 1.54) is 12.2 Å². The maximum absolute atomic E-state index is 13.5. The molecule has 0 bridgehead atoms. The number of benzene rings is 1. The molecule has 0 atom stereocenters. The Morgan fingerprint density at radius 2 is 2.05 bits per heavy atom. The zero-order chi connectivity index (χ0) is 15.3. The van der Waals surface area contributed by atoms with Gasteiger partial charge in [0.25, 0.3) is 0 Å². The fourth-order valence-electron chi connectivity index (χ4n) is 1.37. The van der Waals surface area contributed by atoms with Gasteiger partial charge >= 0.3 is 6.09 Å². The maximum Gasteiger partial charge on any atom is 0.407 e. The molecule has 1 aromatic carbocycles. The first-order chi connectivity index (χ1) is 9.20. The normalized spacial score (nSPS) is 11.7. The van der Waals surface area contributed by atoms with Gasteiger partial charge in [-0.2, -0.15) is 0 Å². The third-order valence-corrected chi connectivity index (χ3v) is 2.20. The molecule has 3 N–H and O–H groups in total. The van der Waals surface area contributed by atoms with Crippen LogP contribution in [0.25, 0.3) is 6.08 Å². The first kappa shape index (κ1) is 15.9. The lowest BCUT2D eigenvalue weighted by molar-refractivity contribution is 0.0534. The fourth-order valence-corrected chi connectivity index (χ4v) is 1.37. The molecule has 0 aromatic heterocycles. The van der Waals surface area contributed by atoms with E-state index >= 15 is 0 Å². The summed E-state index contributed by atoms with van der Waals surface area (Å²) in [5, 5.41) is 2.44. The Labute approximate surface area is 116 Å². The number of carbonyl (C=O) groups excluding carboxylic acids is 1. The number of nitrogens with two attached hydrogens (primary N) is 1. The van der Waals surface area contributed by atoms with Gasteiger partial charge in [0.15, 0.2) is 5.82 Å². The number of hydrogen-bond donors (Lipinski definition) is 2. The van der Waals surface area contributed by atoms with Gasteiger partial charge in [0.05, 0.1) is 5.69 Å². The van der Waals surface area contributed by atoms with Gasteiger partial charge in [-0.25, -0.2) is 13.6 Å². The molecule has 0 heterocycles. The van der Waals surface area contributed by atoms with Crippen molar-refractivity contribution < 1.29 is 18.3 Å². The summed E-state index contributed by atoms with van der Waals surface area (Å²) in [7, 11) is 0. The third-order valence-electron chi connectivity index (χ3n) is 2.20. The van der Waals surface area contributed by atoms with Gasteiger partial charge < -0.3 is 15.8 Å². The van der Waals surface area contributed by atoms with Gasteiger partial charge in [-0.05, 0) is 32.9 Å². The van der Waals surface area contributed by atoms with E-state index in [1.54, 1.807) is 20.8 Å². The first-order valence-electron chi connectivity index (χ1n) is 6.07. The molecule has 110 valence electrons. The van der Waals surface area contributed by atoms with E-state index in [0.717, 1.165) is 12.1 Å². The van der Waals surface area contributed by atoms with Crippen molar-refractivity contribution in [1.29, 1.82) is 0 Å². The smallest absolute Gasteiger partial charge is 0.407 e. The molecule has 1 rings (SSSR count). The molecule has 0 spiro atoms. The second kappa shape index (κ2) is 6.36. The molecular weight excluding hydrogens is 266 g/mol. The van der Waals surface area contributed by atoms with E-state index < -0.39 is 23.3 Å². The zero-order valence-electron chi connectivity index (χ0n) is 11.7. The molecule has 0 aliphatic heterocycles. The van der Waals surface area contributed by atoms with Crippen LogP contribution in [-0.4, -0.2) is 18.2 Å². The van der Waals surface area contributed by atoms with Gasteiger partial charge in [0, 0.05) is 12.1 Å². The van der Waals surface area contributed by atoms with Crippen molar-refractivity contribution in [3.63, 3.8) is 0 Å². The van der Waals surface area contributed by atoms with Crippen molar-refractivity contribution in [3.05, 3.63) is 35.4 Å². The van der Waals surface area contributed by atoms with E-state index in [9.17, 15) is 13.6 Å². The summed E-state index contributed by atoms with van der Waals surface area (Å²) >= 11 is 0. The highest BCUT2D eigenvalue weighted by Crippen LogP contribution is 2.19. The van der Waals surface area contributed by atoms with Crippen LogP contribution in [0.15, 0.2) is 18.2 Å². The minimum Gasteiger partial charge on any atom is -0.444 e. The zero-order valence-corrected chi connectivity index (χ0v) is 11.7. The van der Waals surface area contributed by atoms with Gasteiger partial charge in [0.2, 0.25) is 0 Å². The third kappa shape index (κ3) is 4.87. The molecule has 1 aromatic rings. The van der Waals surface area contributed by atoms with Crippen LogP contribution < -0.4 is 11.1 Å². The minimum atomic E-state index is -0.821. The summed E-state index contributed by atoms with van der Waals surface area (Å²) in [5.74, 6) is -1.54. The summed E-state index contributed by atoms with van der Waals surface area (Å²) in [6.07, 6.45) is 2.03. The molecular formula is C14H18F2N2O2. The highest BCUT2D eigenvalue weighted by Gasteiger charge is 2.15. The highest BCUT2D eigenvalue weighted by atomic mass is 19.1. The number of rotatable bonds is 3. The van der Waals surface area contributed by atoms with Crippen LogP contribution in [0, 0.1) is 11.6 Å². The van der Waals surface area contributed by atoms with E-state index in [4.69, 9.17) is 10.5 Å². The largest absolute Gasteiger partial charge is 0.444 e. The molecule has 1 amide bonds. The van der Waals surface area contributed by atoms with Gasteiger partial charge in [-0.1, -0.05) is 12.2 Å². The van der Waals surface area contributed by atoms with Crippen molar-refractivity contribution in [1.82, 2.24) is 5.32 Å². The Morgan fingerprint density at radius 3 is 2.65 bits per heavy atom. The van der Waals surface area contributed by atoms with Crippen molar-refractivity contribution in [2.75, 3.05) is 12.3 Å². The topological polar surface area (TPSA) is 64.3 Å². The molecule has 0 saturated heterocycles. The number of ether oxygens (including phenoxy) is 1. The lowest BCUT2D eigenvalue weighted by Gasteiger charge is -2.19. The average Bonchev–Trinajstić information content (AvgIpc) is 2.31. The summed E-state index contributed by atoms with van der Waals surface area (Å²) < 4.78 is 31.9. The van der Waals surface area contributed by atoms with Gasteiger partial charge in [0.1, 0.15) is 11.4 Å². The van der Waals surface area contributed by atoms with Crippen LogP contribution in [0.2, 0.25) is 0 Å². The molecule has 0 radical (unpaired) electrons. The van der Waals surface area contributed by atoms with Crippen LogP contribution in [0.5, 0.6) is 0 Å². The standard InChI is InChI=1S/C14H18F2N2O2/c1-14(2,3)20-13(19)18-8-4-5-9-10(15)6-7-11(17)12(9)16/h4-7H,8,17H2,1-3H3,(H,18,19). The summed E-state index contributed by atoms with van der Waals surface area (Å²) in [6, 6.07) is 2.24. The number of carbonyl (C=O) groups is 1. The number of nitrogens with one attached hydrogen (secondary N) is 1. The lowest BCUT2D eigenvalue weighted by Crippen LogP contribution is -2.32. The number of alkyl carbamates (subject to hydrolysis) is 1. The highest BCUT2D eigenvalue weighted by molar-refractivity contribution is 5.68. The molecule has 6 heteroatoms. The van der Waals surface area contributed by atoms with Crippen molar-refractivity contribution in [2.45, 2.75) is 26.4 Å². The van der Waals surface area contributed by atoms with Crippen molar-refractivity contribution in [3.8, 4) is 0 Å². The number of halogens is 2. The second-order valence-corrected chi connectivity index (χ2v) is 5.15. The summed E-state index contributed by atoms with van der Waals surface area (Å²) in [5.41, 5.74) is 4.38. The molecule has 0 fully saturated rings. The quantitative estimate of drug-likeness (QED) is 0.838. The Kier molecular flexibility index (Phi) is 5.07. The predicted molar refractivity (Wildman–Crippen MR) is 74.0 cm³/mol. The minimum absolute atomic E-state index is 0.0859. The van der Waals surface area contributed by atoms with Gasteiger partial charge in [-0.3, -0.25) is 0 Å². The fraction of sp³-hybridized carbons (Fsp3) is 0.357. The van der Waals surface area contributed by atoms with Crippen LogP contribution in [0.3, 0.4) is 0 Å². The predicted octanol–water partition coefficient (Wildman–Crippen LogP) is 3.08. The number of hydrogen-bond acceptors (Lipinski definition) is 3. The Morgan fingerprint density at radius 1 is 1.40 bits per heavy atom. The maximum atomic E-state index is 13.5. The van der Waals surface area contributed by atoms with E-state index in [-0.39, 0.29) is 17.8 Å². The Bertz CT molecular complexity index is 523. The Hall–Kier alpha value is -2.11. The van der Waals surface area contributed by atoms with E-state index in [2.05, 4.69) is 5.32 Å². The molecule has 0 aliphatic rings. The molecule has 0 aliphatic carbocycles. The van der Waals surface area contributed by atoms with E-state index in [0.29, 0.717) is 0 Å². The van der Waals surface area contributed by atoms with Crippen LogP contribution in [-0.2, 0) is 4.74 Å². The molecule has 0 unspecified atom stereocenters. The van der Waals surface area contributed by atoms with Crippen LogP contribution >= 0.6 is 0 Å². The molecule has 4 nitrogen and oxygen atoms in total. The number of anilines is 1. The number of nitrogen functional groups attached to an aromatic ring is 1. The first-order valence-corrected chi connectivity index (χ1v) is 6.07. The summed E-state index contributed by atoms with van der Waals surface area (Å²) in [4.78, 5) is 11.3. The average molecular weight is 284 g/mol. The number of amides is 1. The second-order valence-electron chi connectivity index (χ2n) is 5.15. The molecule has 20 heavy (non-hydrogen) atoms. The van der Waals surface area contributed by atoms with E-state index in [1.807, 2.05) is 0 Å². The van der Waals surface area contributed by atoms with Crippen molar-refractivity contribution in [2.24, 2.45) is 0 Å². The molecule has 0 saturated carbocycles. The van der Waals surface area contributed by atoms with Crippen LogP contribution in [0.4, 0.5) is 19.3 Å². The lowest BCUT2D eigenvalue weighted by atomic mass is 10.1. The van der Waals surface area contributed by atoms with Gasteiger partial charge in [-0.15, -0.1) is 0 Å². The van der Waals surface area contributed by atoms with Crippen molar-refractivity contribution >= 4 is 17.9 Å². The summed E-state index contributed by atoms with van der Waals surface area (Å²) in [6.45, 7) is 5.29. The van der Waals surface area contributed by atoms with Crippen LogP contribution in [0.1, 0.15) is 26.3 Å². The Balaban J connectivity index is 2.59. The monoisotopic (exact) mass is 284 g/mol. The SMILES string of the molecule is CC(C)(C)OC(=O)NCC=Cc1c(F)ccc(N)c1F.